The van der Waals surface area contributed by atoms with Crippen LogP contribution in [0.2, 0.25) is 10.0 Å². The molecule has 0 atom stereocenters. The molecule has 0 fully saturated rings. The Morgan fingerprint density at radius 2 is 1.88 bits per heavy atom. The number of hydrogen-bond acceptors (Lipinski definition) is 4. The predicted molar refractivity (Wildman–Crippen MR) is 129 cm³/mol. The molecule has 33 heavy (non-hydrogen) atoms. The molecule has 0 unspecified atom stereocenters. The SMILES string of the molecule is Cc1cc(Cl)ccc1OCc1ccc(C(=O)Nc2c(C)nn(Cc3ccccc3Cl)c2C)o1. The Labute approximate surface area is 202 Å². The van der Waals surface area contributed by atoms with Gasteiger partial charge >= 0.3 is 0 Å². The van der Waals surface area contributed by atoms with Gasteiger partial charge in [-0.3, -0.25) is 9.48 Å². The lowest BCUT2D eigenvalue weighted by Gasteiger charge is -2.08. The zero-order valence-electron chi connectivity index (χ0n) is 18.5. The highest BCUT2D eigenvalue weighted by Gasteiger charge is 2.18. The fourth-order valence-corrected chi connectivity index (χ4v) is 3.92. The van der Waals surface area contributed by atoms with Crippen LogP contribution in [0.5, 0.6) is 5.75 Å². The van der Waals surface area contributed by atoms with Crippen LogP contribution in [0.15, 0.2) is 59.0 Å². The first-order valence-electron chi connectivity index (χ1n) is 10.4. The molecule has 6 nitrogen and oxygen atoms in total. The minimum Gasteiger partial charge on any atom is -0.485 e. The summed E-state index contributed by atoms with van der Waals surface area (Å²) in [4.78, 5) is 12.8. The number of aromatic nitrogens is 2. The smallest absolute Gasteiger partial charge is 0.291 e. The zero-order valence-corrected chi connectivity index (χ0v) is 20.0. The summed E-state index contributed by atoms with van der Waals surface area (Å²) < 4.78 is 13.3. The minimum atomic E-state index is -0.354. The zero-order chi connectivity index (χ0) is 23.5. The average molecular weight is 484 g/mol. The lowest BCUT2D eigenvalue weighted by molar-refractivity contribution is 0.0992. The number of nitrogens with one attached hydrogen (secondary N) is 1. The topological polar surface area (TPSA) is 69.3 Å². The van der Waals surface area contributed by atoms with E-state index in [0.29, 0.717) is 39.5 Å². The Hall–Kier alpha value is -3.22. The van der Waals surface area contributed by atoms with Gasteiger partial charge in [0.15, 0.2) is 5.76 Å². The van der Waals surface area contributed by atoms with Crippen molar-refractivity contribution in [2.24, 2.45) is 0 Å². The van der Waals surface area contributed by atoms with E-state index in [9.17, 15) is 4.79 Å². The van der Waals surface area contributed by atoms with Crippen LogP contribution in [0.25, 0.3) is 0 Å². The maximum Gasteiger partial charge on any atom is 0.291 e. The molecule has 0 aliphatic rings. The summed E-state index contributed by atoms with van der Waals surface area (Å²) in [5.41, 5.74) is 4.06. The number of anilines is 1. The van der Waals surface area contributed by atoms with E-state index in [4.69, 9.17) is 32.4 Å². The van der Waals surface area contributed by atoms with Crippen LogP contribution in [0.3, 0.4) is 0 Å². The summed E-state index contributed by atoms with van der Waals surface area (Å²) in [5.74, 6) is 1.09. The Morgan fingerprint density at radius 1 is 1.09 bits per heavy atom. The van der Waals surface area contributed by atoms with Crippen LogP contribution < -0.4 is 10.1 Å². The van der Waals surface area contributed by atoms with Crippen LogP contribution in [0.4, 0.5) is 5.69 Å². The van der Waals surface area contributed by atoms with Crippen molar-refractivity contribution in [3.05, 3.63) is 98.7 Å². The quantitative estimate of drug-likeness (QED) is 0.321. The molecule has 8 heteroatoms. The molecule has 0 aliphatic heterocycles. The highest BCUT2D eigenvalue weighted by molar-refractivity contribution is 6.31. The van der Waals surface area contributed by atoms with Gasteiger partial charge in [-0.15, -0.1) is 0 Å². The molecular weight excluding hydrogens is 461 g/mol. The van der Waals surface area contributed by atoms with Gasteiger partial charge in [0.2, 0.25) is 0 Å². The molecule has 0 radical (unpaired) electrons. The van der Waals surface area contributed by atoms with Crippen LogP contribution in [-0.2, 0) is 13.2 Å². The Kier molecular flexibility index (Phi) is 6.77. The predicted octanol–water partition coefficient (Wildman–Crippen LogP) is 6.59. The molecule has 4 rings (SSSR count). The van der Waals surface area contributed by atoms with Gasteiger partial charge < -0.3 is 14.5 Å². The van der Waals surface area contributed by atoms with E-state index in [1.54, 1.807) is 24.3 Å². The van der Waals surface area contributed by atoms with E-state index in [0.717, 1.165) is 16.8 Å². The number of benzene rings is 2. The van der Waals surface area contributed by atoms with Gasteiger partial charge in [0.1, 0.15) is 18.1 Å². The summed E-state index contributed by atoms with van der Waals surface area (Å²) >= 11 is 12.3. The lowest BCUT2D eigenvalue weighted by Crippen LogP contribution is -2.12. The molecule has 2 heterocycles. The number of rotatable bonds is 7. The highest BCUT2D eigenvalue weighted by atomic mass is 35.5. The van der Waals surface area contributed by atoms with Crippen molar-refractivity contribution in [1.82, 2.24) is 9.78 Å². The van der Waals surface area contributed by atoms with E-state index < -0.39 is 0 Å². The van der Waals surface area contributed by atoms with Gasteiger partial charge in [0.05, 0.1) is 23.6 Å². The molecular formula is C25H23Cl2N3O3. The highest BCUT2D eigenvalue weighted by Crippen LogP contribution is 2.25. The molecule has 2 aromatic carbocycles. The molecule has 4 aromatic rings. The number of furan rings is 1. The van der Waals surface area contributed by atoms with Crippen LogP contribution in [0, 0.1) is 20.8 Å². The van der Waals surface area contributed by atoms with Crippen LogP contribution in [0.1, 0.15) is 38.8 Å². The van der Waals surface area contributed by atoms with Crippen molar-refractivity contribution >= 4 is 34.8 Å². The third-order valence-corrected chi connectivity index (χ3v) is 5.89. The number of carbonyl (C=O) groups is 1. The number of amides is 1. The molecule has 1 amide bonds. The maximum atomic E-state index is 12.8. The van der Waals surface area contributed by atoms with E-state index in [1.807, 2.05) is 55.8 Å². The number of nitrogens with zero attached hydrogens (tertiary/aromatic N) is 2. The molecule has 0 saturated heterocycles. The van der Waals surface area contributed by atoms with Crippen molar-refractivity contribution in [3.8, 4) is 5.75 Å². The Balaban J connectivity index is 1.43. The molecule has 170 valence electrons. The summed E-state index contributed by atoms with van der Waals surface area (Å²) in [6, 6.07) is 16.4. The minimum absolute atomic E-state index is 0.194. The first kappa shape index (κ1) is 23.0. The normalized spacial score (nSPS) is 10.9. The first-order chi connectivity index (χ1) is 15.8. The van der Waals surface area contributed by atoms with E-state index >= 15 is 0 Å². The first-order valence-corrected chi connectivity index (χ1v) is 11.1. The van der Waals surface area contributed by atoms with Crippen LogP contribution in [-0.4, -0.2) is 15.7 Å². The van der Waals surface area contributed by atoms with Crippen LogP contribution >= 0.6 is 23.2 Å². The molecule has 0 spiro atoms. The monoisotopic (exact) mass is 483 g/mol. The van der Waals surface area contributed by atoms with Gasteiger partial charge in [-0.05, 0) is 68.3 Å². The number of carbonyl (C=O) groups excluding carboxylic acids is 1. The number of aryl methyl sites for hydroxylation is 2. The van der Waals surface area contributed by atoms with Crippen molar-refractivity contribution in [1.29, 1.82) is 0 Å². The van der Waals surface area contributed by atoms with E-state index in [1.165, 1.54) is 0 Å². The van der Waals surface area contributed by atoms with Gasteiger partial charge in [0.25, 0.3) is 5.91 Å². The molecule has 0 saturated carbocycles. The number of ether oxygens (including phenoxy) is 1. The second-order valence-corrected chi connectivity index (χ2v) is 8.56. The van der Waals surface area contributed by atoms with E-state index in [2.05, 4.69) is 10.4 Å². The Bertz CT molecular complexity index is 1310. The molecule has 0 aliphatic carbocycles. The second-order valence-electron chi connectivity index (χ2n) is 7.71. The standard InChI is InChI=1S/C25H23Cl2N3O3/c1-15-12-19(26)8-10-22(15)32-14-20-9-11-23(33-20)25(31)28-24-16(2)29-30(17(24)3)13-18-6-4-5-7-21(18)27/h4-12H,13-14H2,1-3H3,(H,28,31). The third-order valence-electron chi connectivity index (χ3n) is 5.29. The largest absolute Gasteiger partial charge is 0.485 e. The van der Waals surface area contributed by atoms with Crippen molar-refractivity contribution in [2.45, 2.75) is 33.9 Å². The average Bonchev–Trinajstić information content (AvgIpc) is 3.35. The maximum absolute atomic E-state index is 12.8. The van der Waals surface area contributed by atoms with Gasteiger partial charge in [-0.1, -0.05) is 41.4 Å². The summed E-state index contributed by atoms with van der Waals surface area (Å²) in [6.07, 6.45) is 0. The van der Waals surface area contributed by atoms with E-state index in [-0.39, 0.29) is 18.3 Å². The Morgan fingerprint density at radius 3 is 2.64 bits per heavy atom. The molecule has 2 aromatic heterocycles. The number of hydrogen-bond donors (Lipinski definition) is 1. The fraction of sp³-hybridized carbons (Fsp3) is 0.200. The van der Waals surface area contributed by atoms with Crippen molar-refractivity contribution in [2.75, 3.05) is 5.32 Å². The van der Waals surface area contributed by atoms with Gasteiger partial charge in [-0.2, -0.15) is 5.10 Å². The van der Waals surface area contributed by atoms with Gasteiger partial charge in [0, 0.05) is 10.0 Å². The van der Waals surface area contributed by atoms with Crippen molar-refractivity contribution in [3.63, 3.8) is 0 Å². The second kappa shape index (κ2) is 9.73. The lowest BCUT2D eigenvalue weighted by atomic mass is 10.2. The summed E-state index contributed by atoms with van der Waals surface area (Å²) in [6.45, 7) is 6.38. The fourth-order valence-electron chi connectivity index (χ4n) is 3.50. The van der Waals surface area contributed by atoms with Gasteiger partial charge in [-0.25, -0.2) is 0 Å². The number of halogens is 2. The summed E-state index contributed by atoms with van der Waals surface area (Å²) in [5, 5.41) is 8.80. The summed E-state index contributed by atoms with van der Waals surface area (Å²) in [7, 11) is 0. The molecule has 1 N–H and O–H groups in total. The molecule has 0 bridgehead atoms. The van der Waals surface area contributed by atoms with Crippen molar-refractivity contribution < 1.29 is 13.9 Å². The third kappa shape index (κ3) is 5.24.